The van der Waals surface area contributed by atoms with Crippen LogP contribution >= 0.6 is 11.6 Å². The quantitative estimate of drug-likeness (QED) is 0.0694. The van der Waals surface area contributed by atoms with Crippen molar-refractivity contribution in [2.45, 2.75) is 81.5 Å². The fourth-order valence-electron chi connectivity index (χ4n) is 10.6. The molecule has 3 fully saturated rings. The van der Waals surface area contributed by atoms with Crippen molar-refractivity contribution in [1.82, 2.24) is 40.3 Å². The zero-order valence-electron chi connectivity index (χ0n) is 40.8. The van der Waals surface area contributed by atoms with Crippen LogP contribution in [0.2, 0.25) is 5.02 Å². The summed E-state index contributed by atoms with van der Waals surface area (Å²) in [6.07, 6.45) is 4.63. The molecule has 9 rings (SSSR count). The number of benzene rings is 4. The van der Waals surface area contributed by atoms with Crippen molar-refractivity contribution in [2.75, 3.05) is 70.3 Å². The van der Waals surface area contributed by atoms with E-state index in [-0.39, 0.29) is 46.5 Å². The van der Waals surface area contributed by atoms with E-state index >= 15 is 0 Å². The van der Waals surface area contributed by atoms with Gasteiger partial charge in [-0.05, 0) is 115 Å². The lowest BCUT2D eigenvalue weighted by molar-refractivity contribution is -0.136. The highest BCUT2D eigenvalue weighted by molar-refractivity contribution is 6.30. The lowest BCUT2D eigenvalue weighted by atomic mass is 9.87. The van der Waals surface area contributed by atoms with Crippen LogP contribution in [0.1, 0.15) is 107 Å². The molecule has 3 aliphatic heterocycles. The molecule has 5 N–H and O–H groups in total. The van der Waals surface area contributed by atoms with Crippen molar-refractivity contribution in [2.24, 2.45) is 5.73 Å². The minimum absolute atomic E-state index is 0.0162. The standard InChI is InChI=1S/C55H62ClF3N10O4/c56-41-17-15-39(16-18-41)47(65-53(73)54(60)23-30-68(31-24-54)50-45-19-26-61-49(45)63-36-64-50)22-27-66-32-34-67(35-33-66)48(70)10-2-1-3-25-62-51(71)40-13-11-37(12-14-40)38-20-28-69(29-21-38)52(72)44-8-4-7-43-42(44)6-5-9-46(43)55(57,58)59/h4-9,11-19,26,36,38,47H,1-3,10,20-25,27-35,60H2,(H,62,71)(H,65,73)(H,61,63,64)/t47-/m0/s1. The molecule has 73 heavy (non-hydrogen) atoms. The number of halogens is 4. The maximum Gasteiger partial charge on any atom is 0.417 e. The number of hydrogen-bond acceptors (Lipinski definition) is 9. The van der Waals surface area contributed by atoms with Gasteiger partial charge in [0.25, 0.3) is 11.8 Å². The molecular formula is C55H62ClF3N10O4. The second-order valence-electron chi connectivity index (χ2n) is 19.6. The average molecular weight is 1020 g/mol. The number of piperidine rings is 2. The molecule has 4 amide bonds. The molecule has 0 unspecified atom stereocenters. The number of carbonyl (C=O) groups is 4. The van der Waals surface area contributed by atoms with Gasteiger partial charge in [-0.25, -0.2) is 9.97 Å². The largest absolute Gasteiger partial charge is 0.417 e. The van der Waals surface area contributed by atoms with Crippen LogP contribution in [0.5, 0.6) is 0 Å². The molecule has 0 spiro atoms. The summed E-state index contributed by atoms with van der Waals surface area (Å²) in [6.45, 7) is 6.11. The monoisotopic (exact) mass is 1020 g/mol. The molecular weight excluding hydrogens is 957 g/mol. The van der Waals surface area contributed by atoms with E-state index in [2.05, 4.69) is 35.4 Å². The number of anilines is 1. The average Bonchev–Trinajstić information content (AvgIpc) is 3.90. The molecule has 3 aliphatic rings. The van der Waals surface area contributed by atoms with Gasteiger partial charge in [0.05, 0.1) is 22.5 Å². The van der Waals surface area contributed by atoms with Gasteiger partial charge in [0, 0.05) is 94.2 Å². The summed E-state index contributed by atoms with van der Waals surface area (Å²) < 4.78 is 41.0. The van der Waals surface area contributed by atoms with Gasteiger partial charge in [-0.1, -0.05) is 66.6 Å². The van der Waals surface area contributed by atoms with Crippen LogP contribution in [-0.2, 0) is 15.8 Å². The molecule has 0 radical (unpaired) electrons. The number of alkyl halides is 3. The van der Waals surface area contributed by atoms with Crippen LogP contribution in [-0.4, -0.2) is 124 Å². The molecule has 5 heterocycles. The van der Waals surface area contributed by atoms with E-state index in [1.165, 1.54) is 18.2 Å². The van der Waals surface area contributed by atoms with E-state index in [1.807, 2.05) is 65.7 Å². The number of H-pyrrole nitrogens is 1. The first-order valence-corrected chi connectivity index (χ1v) is 25.8. The minimum Gasteiger partial charge on any atom is -0.356 e. The van der Waals surface area contributed by atoms with Crippen molar-refractivity contribution < 1.29 is 32.3 Å². The number of unbranched alkanes of at least 4 members (excludes halogenated alkanes) is 2. The molecule has 18 heteroatoms. The van der Waals surface area contributed by atoms with Gasteiger partial charge in [-0.15, -0.1) is 0 Å². The van der Waals surface area contributed by atoms with Gasteiger partial charge < -0.3 is 36.1 Å². The lowest BCUT2D eigenvalue weighted by Crippen LogP contribution is -2.60. The number of hydrogen-bond donors (Lipinski definition) is 4. The maximum atomic E-state index is 13.9. The third kappa shape index (κ3) is 12.1. The van der Waals surface area contributed by atoms with E-state index in [1.54, 1.807) is 23.4 Å². The zero-order valence-corrected chi connectivity index (χ0v) is 41.6. The predicted octanol–water partition coefficient (Wildman–Crippen LogP) is 8.48. The van der Waals surface area contributed by atoms with E-state index in [4.69, 9.17) is 17.3 Å². The highest BCUT2D eigenvalue weighted by atomic mass is 35.5. The van der Waals surface area contributed by atoms with E-state index < -0.39 is 17.3 Å². The third-order valence-electron chi connectivity index (χ3n) is 15.0. The fraction of sp³-hybridized carbons (Fsp3) is 0.418. The molecule has 6 aromatic rings. The Labute approximate surface area is 427 Å². The Morgan fingerprint density at radius 3 is 2.22 bits per heavy atom. The maximum absolute atomic E-state index is 13.9. The first-order chi connectivity index (χ1) is 35.2. The highest BCUT2D eigenvalue weighted by Crippen LogP contribution is 2.37. The Hall–Kier alpha value is -6.56. The molecule has 0 bridgehead atoms. The normalized spacial score (nSPS) is 17.2. The summed E-state index contributed by atoms with van der Waals surface area (Å²) in [5.41, 5.74) is 8.68. The zero-order chi connectivity index (χ0) is 51.1. The number of nitrogens with two attached hydrogens (primary N) is 1. The Morgan fingerprint density at radius 2 is 1.49 bits per heavy atom. The molecule has 0 aliphatic carbocycles. The Balaban J connectivity index is 0.659. The van der Waals surface area contributed by atoms with Crippen molar-refractivity contribution in [1.29, 1.82) is 0 Å². The number of amides is 4. The smallest absolute Gasteiger partial charge is 0.356 e. The summed E-state index contributed by atoms with van der Waals surface area (Å²) in [4.78, 5) is 73.7. The SMILES string of the molecule is NC1(C(=O)N[C@@H](CCN2CCN(C(=O)CCCCCNC(=O)c3ccc(C4CCN(C(=O)c5cccc6c(C(F)(F)F)cccc56)CC4)cc3)CC2)c2ccc(Cl)cc2)CCN(c2ncnc3[nH]ccc23)CC1. The van der Waals surface area contributed by atoms with Gasteiger partial charge in [-0.3, -0.25) is 24.1 Å². The Bertz CT molecular complexity index is 2890. The van der Waals surface area contributed by atoms with Crippen LogP contribution < -0.4 is 21.3 Å². The van der Waals surface area contributed by atoms with Crippen molar-refractivity contribution in [3.05, 3.63) is 136 Å². The summed E-state index contributed by atoms with van der Waals surface area (Å²) in [5, 5.41) is 8.16. The number of rotatable bonds is 16. The minimum atomic E-state index is -4.52. The van der Waals surface area contributed by atoms with Crippen molar-refractivity contribution >= 4 is 62.9 Å². The molecule has 14 nitrogen and oxygen atoms in total. The van der Waals surface area contributed by atoms with Gasteiger partial charge in [0.2, 0.25) is 11.8 Å². The Morgan fingerprint density at radius 1 is 0.781 bits per heavy atom. The molecule has 1 atom stereocenters. The first kappa shape index (κ1) is 51.3. The second kappa shape index (κ2) is 22.7. The number of aromatic nitrogens is 3. The van der Waals surface area contributed by atoms with Crippen LogP contribution in [0.3, 0.4) is 0 Å². The summed E-state index contributed by atoms with van der Waals surface area (Å²) >= 11 is 6.24. The summed E-state index contributed by atoms with van der Waals surface area (Å²) in [5.74, 6) is 0.545. The van der Waals surface area contributed by atoms with Crippen LogP contribution in [0, 0.1) is 0 Å². The number of nitrogens with one attached hydrogen (secondary N) is 3. The van der Waals surface area contributed by atoms with E-state index in [9.17, 15) is 32.3 Å². The fourth-order valence-corrected chi connectivity index (χ4v) is 10.7. The van der Waals surface area contributed by atoms with Crippen LogP contribution in [0.25, 0.3) is 21.8 Å². The molecule has 384 valence electrons. The first-order valence-electron chi connectivity index (χ1n) is 25.4. The predicted molar refractivity (Wildman–Crippen MR) is 276 cm³/mol. The van der Waals surface area contributed by atoms with Gasteiger partial charge in [-0.2, -0.15) is 13.2 Å². The molecule has 0 saturated carbocycles. The van der Waals surface area contributed by atoms with Gasteiger partial charge in [0.15, 0.2) is 0 Å². The number of piperazine rings is 1. The Kier molecular flexibility index (Phi) is 16.0. The molecule has 2 aromatic heterocycles. The van der Waals surface area contributed by atoms with Crippen LogP contribution in [0.4, 0.5) is 19.0 Å². The second-order valence-corrected chi connectivity index (χ2v) is 20.1. The topological polar surface area (TPSA) is 173 Å². The number of carbonyl (C=O) groups excluding carboxylic acids is 4. The lowest BCUT2D eigenvalue weighted by Gasteiger charge is -2.39. The number of likely N-dealkylation sites (tertiary alicyclic amines) is 1. The van der Waals surface area contributed by atoms with E-state index in [0.29, 0.717) is 100 Å². The van der Waals surface area contributed by atoms with E-state index in [0.717, 1.165) is 72.9 Å². The highest BCUT2D eigenvalue weighted by Gasteiger charge is 2.40. The van der Waals surface area contributed by atoms with Crippen LogP contribution in [0.15, 0.2) is 104 Å². The van der Waals surface area contributed by atoms with Crippen molar-refractivity contribution in [3.63, 3.8) is 0 Å². The summed E-state index contributed by atoms with van der Waals surface area (Å²) in [7, 11) is 0. The summed E-state index contributed by atoms with van der Waals surface area (Å²) in [6, 6.07) is 25.2. The third-order valence-corrected chi connectivity index (χ3v) is 15.3. The number of fused-ring (bicyclic) bond motifs is 2. The number of aromatic amines is 1. The van der Waals surface area contributed by atoms with Gasteiger partial charge >= 0.3 is 6.18 Å². The van der Waals surface area contributed by atoms with Gasteiger partial charge in [0.1, 0.15) is 17.8 Å². The molecule has 3 saturated heterocycles. The van der Waals surface area contributed by atoms with Crippen molar-refractivity contribution in [3.8, 4) is 0 Å². The number of nitrogens with zero attached hydrogens (tertiary/aromatic N) is 6. The molecule has 4 aromatic carbocycles.